The molecule has 1 aromatic heterocycles. The van der Waals surface area contributed by atoms with Crippen molar-refractivity contribution in [2.75, 3.05) is 31.5 Å². The number of halogens is 5. The van der Waals surface area contributed by atoms with Crippen molar-refractivity contribution in [2.24, 2.45) is 0 Å². The fourth-order valence-electron chi connectivity index (χ4n) is 4.79. The van der Waals surface area contributed by atoms with Gasteiger partial charge in [0, 0.05) is 30.0 Å². The number of alkyl halides is 3. The number of aromatic amines is 1. The number of benzene rings is 2. The Kier molecular flexibility index (Phi) is 7.91. The summed E-state index contributed by atoms with van der Waals surface area (Å²) in [6.45, 7) is 7.27. The van der Waals surface area contributed by atoms with Gasteiger partial charge < -0.3 is 20.5 Å². The van der Waals surface area contributed by atoms with Gasteiger partial charge in [0.15, 0.2) is 0 Å². The van der Waals surface area contributed by atoms with Gasteiger partial charge >= 0.3 is 6.18 Å². The third-order valence-electron chi connectivity index (χ3n) is 6.68. The Bertz CT molecular complexity index is 1430. The maximum absolute atomic E-state index is 14.7. The number of hydrogen-bond donors (Lipinski definition) is 3. The topological polar surface area (TPSA) is 77.2 Å². The van der Waals surface area contributed by atoms with Crippen molar-refractivity contribution >= 4 is 29.2 Å². The predicted octanol–water partition coefficient (Wildman–Crippen LogP) is 5.85. The average Bonchev–Trinajstić information content (AvgIpc) is 3.38. The summed E-state index contributed by atoms with van der Waals surface area (Å²) < 4.78 is 72.3. The van der Waals surface area contributed by atoms with E-state index in [-0.39, 0.29) is 34.6 Å². The molecule has 2 aromatic carbocycles. The highest BCUT2D eigenvalue weighted by Crippen LogP contribution is 2.44. The van der Waals surface area contributed by atoms with Crippen LogP contribution in [0.15, 0.2) is 36.4 Å². The van der Waals surface area contributed by atoms with Crippen molar-refractivity contribution in [1.29, 1.82) is 0 Å². The number of carbonyl (C=O) groups is 2. The van der Waals surface area contributed by atoms with Crippen molar-refractivity contribution in [3.8, 4) is 11.1 Å². The summed E-state index contributed by atoms with van der Waals surface area (Å²) in [6, 6.07) is 7.62. The van der Waals surface area contributed by atoms with Crippen LogP contribution in [0.2, 0.25) is 0 Å². The number of H-pyrrole nitrogens is 1. The Hall–Kier alpha value is -3.99. The minimum Gasteiger partial charge on any atom is -0.358 e. The number of nitrogens with zero attached hydrogens (tertiary/aromatic N) is 1. The zero-order valence-corrected chi connectivity index (χ0v) is 21.5. The van der Waals surface area contributed by atoms with Crippen LogP contribution in [0.1, 0.15) is 46.7 Å². The zero-order valence-electron chi connectivity index (χ0n) is 21.5. The van der Waals surface area contributed by atoms with Gasteiger partial charge in [-0.05, 0) is 49.9 Å². The smallest absolute Gasteiger partial charge is 0.358 e. The molecular weight excluding hydrogens is 519 g/mol. The first-order valence-corrected chi connectivity index (χ1v) is 12.4. The SMILES string of the molecule is CCN(CC)CCNC(=O)c1c(C)[nH]c(/C=C2\C(=O)Nc3cccc(-c4c(F)cccc4F)c32)c1C(F)(F)F. The van der Waals surface area contributed by atoms with Gasteiger partial charge in [-0.1, -0.05) is 32.0 Å². The lowest BCUT2D eigenvalue weighted by molar-refractivity contribution is -0.138. The van der Waals surface area contributed by atoms with E-state index in [1.165, 1.54) is 31.2 Å². The van der Waals surface area contributed by atoms with E-state index < -0.39 is 52.0 Å². The van der Waals surface area contributed by atoms with E-state index in [4.69, 9.17) is 0 Å². The number of amides is 2. The van der Waals surface area contributed by atoms with Gasteiger partial charge in [-0.15, -0.1) is 0 Å². The first-order valence-electron chi connectivity index (χ1n) is 12.4. The normalized spacial score (nSPS) is 14.2. The number of likely N-dealkylation sites (N-methyl/N-ethyl adjacent to an activating group) is 1. The highest BCUT2D eigenvalue weighted by molar-refractivity contribution is 6.36. The van der Waals surface area contributed by atoms with E-state index >= 15 is 0 Å². The molecule has 0 radical (unpaired) electrons. The standard InChI is InChI=1S/C28H27F5N4O2/c1-4-37(5-2)13-12-34-27(39)22-15(3)35-21(25(22)28(31,32)33)14-17-23-16(8-6-11-20(23)36-26(17)38)24-18(29)9-7-10-19(24)30/h6-11,14,35H,4-5,12-13H2,1-3H3,(H,34,39)(H,36,38)/b17-14-. The fourth-order valence-corrected chi connectivity index (χ4v) is 4.79. The first kappa shape index (κ1) is 28.0. The minimum absolute atomic E-state index is 0.00101. The summed E-state index contributed by atoms with van der Waals surface area (Å²) in [5.74, 6) is -3.44. The van der Waals surface area contributed by atoms with Crippen molar-refractivity contribution in [3.63, 3.8) is 0 Å². The molecule has 0 bridgehead atoms. The van der Waals surface area contributed by atoms with Crippen LogP contribution in [-0.2, 0) is 11.0 Å². The molecule has 2 amide bonds. The monoisotopic (exact) mass is 546 g/mol. The summed E-state index contributed by atoms with van der Waals surface area (Å²) in [4.78, 5) is 30.4. The molecule has 3 aromatic rings. The lowest BCUT2D eigenvalue weighted by Gasteiger charge is -2.18. The molecule has 11 heteroatoms. The van der Waals surface area contributed by atoms with Crippen molar-refractivity contribution in [1.82, 2.24) is 15.2 Å². The maximum Gasteiger partial charge on any atom is 0.419 e. The Morgan fingerprint density at radius 1 is 1.03 bits per heavy atom. The summed E-state index contributed by atoms with van der Waals surface area (Å²) in [5.41, 5.74) is -2.78. The molecule has 0 aliphatic carbocycles. The lowest BCUT2D eigenvalue weighted by atomic mass is 9.93. The zero-order chi connectivity index (χ0) is 28.5. The van der Waals surface area contributed by atoms with E-state index in [0.717, 1.165) is 31.3 Å². The van der Waals surface area contributed by atoms with Gasteiger partial charge in [0.25, 0.3) is 11.8 Å². The number of hydrogen-bond acceptors (Lipinski definition) is 3. The summed E-state index contributed by atoms with van der Waals surface area (Å²) in [7, 11) is 0. The Balaban J connectivity index is 1.81. The van der Waals surface area contributed by atoms with Gasteiger partial charge in [0.05, 0.1) is 28.0 Å². The molecule has 0 spiro atoms. The molecule has 2 heterocycles. The van der Waals surface area contributed by atoms with Gasteiger partial charge in [-0.2, -0.15) is 13.2 Å². The second-order valence-electron chi connectivity index (χ2n) is 9.03. The molecule has 0 saturated heterocycles. The molecule has 206 valence electrons. The third-order valence-corrected chi connectivity index (χ3v) is 6.68. The van der Waals surface area contributed by atoms with E-state index in [1.54, 1.807) is 0 Å². The number of anilines is 1. The number of carbonyl (C=O) groups excluding carboxylic acids is 2. The molecule has 0 fully saturated rings. The van der Waals surface area contributed by atoms with Crippen LogP contribution in [0, 0.1) is 18.6 Å². The number of aromatic nitrogens is 1. The molecule has 0 saturated carbocycles. The largest absolute Gasteiger partial charge is 0.419 e. The van der Waals surface area contributed by atoms with E-state index in [2.05, 4.69) is 15.6 Å². The lowest BCUT2D eigenvalue weighted by Crippen LogP contribution is -2.35. The third kappa shape index (κ3) is 5.44. The van der Waals surface area contributed by atoms with Crippen molar-refractivity contribution in [3.05, 3.63) is 76.1 Å². The van der Waals surface area contributed by atoms with E-state index in [9.17, 15) is 31.5 Å². The Morgan fingerprint density at radius 2 is 1.67 bits per heavy atom. The fraction of sp³-hybridized carbons (Fsp3) is 0.286. The number of nitrogens with one attached hydrogen (secondary N) is 3. The summed E-state index contributed by atoms with van der Waals surface area (Å²) >= 11 is 0. The van der Waals surface area contributed by atoms with Crippen LogP contribution >= 0.6 is 0 Å². The van der Waals surface area contributed by atoms with Gasteiger partial charge in [-0.3, -0.25) is 9.59 Å². The molecule has 0 atom stereocenters. The first-order chi connectivity index (χ1) is 18.5. The van der Waals surface area contributed by atoms with Gasteiger partial charge in [0.2, 0.25) is 0 Å². The highest BCUT2D eigenvalue weighted by atomic mass is 19.4. The van der Waals surface area contributed by atoms with Crippen molar-refractivity contribution in [2.45, 2.75) is 26.9 Å². The van der Waals surface area contributed by atoms with E-state index in [0.29, 0.717) is 6.54 Å². The Morgan fingerprint density at radius 3 is 2.28 bits per heavy atom. The molecule has 3 N–H and O–H groups in total. The second-order valence-corrected chi connectivity index (χ2v) is 9.03. The average molecular weight is 547 g/mol. The number of aryl methyl sites for hydroxylation is 1. The van der Waals surface area contributed by atoms with Gasteiger partial charge in [0.1, 0.15) is 11.6 Å². The van der Waals surface area contributed by atoms with E-state index in [1.807, 2.05) is 18.7 Å². The van der Waals surface area contributed by atoms with Crippen LogP contribution in [0.25, 0.3) is 22.8 Å². The van der Waals surface area contributed by atoms with Gasteiger partial charge in [-0.25, -0.2) is 8.78 Å². The van der Waals surface area contributed by atoms with Crippen molar-refractivity contribution < 1.29 is 31.5 Å². The molecule has 39 heavy (non-hydrogen) atoms. The maximum atomic E-state index is 14.7. The molecule has 0 unspecified atom stereocenters. The highest BCUT2D eigenvalue weighted by Gasteiger charge is 2.41. The number of rotatable bonds is 8. The van der Waals surface area contributed by atoms with Crippen LogP contribution in [0.3, 0.4) is 0 Å². The molecule has 1 aliphatic heterocycles. The summed E-state index contributed by atoms with van der Waals surface area (Å²) in [5, 5.41) is 5.08. The minimum atomic E-state index is -4.95. The summed E-state index contributed by atoms with van der Waals surface area (Å²) in [6.07, 6.45) is -3.98. The second kappa shape index (κ2) is 11.0. The predicted molar refractivity (Wildman–Crippen MR) is 139 cm³/mol. The van der Waals surface area contributed by atoms with Crippen LogP contribution in [0.4, 0.5) is 27.6 Å². The number of fused-ring (bicyclic) bond motifs is 1. The Labute approximate surface area is 221 Å². The van der Waals surface area contributed by atoms with Crippen LogP contribution in [-0.4, -0.2) is 47.9 Å². The van der Waals surface area contributed by atoms with Crippen LogP contribution in [0.5, 0.6) is 0 Å². The molecule has 4 rings (SSSR count). The quantitative estimate of drug-likeness (QED) is 0.245. The molecular formula is C28H27F5N4O2. The molecule has 1 aliphatic rings. The molecule has 6 nitrogen and oxygen atoms in total. The van der Waals surface area contributed by atoms with Crippen LogP contribution < -0.4 is 10.6 Å².